The van der Waals surface area contributed by atoms with Crippen LogP contribution in [0.25, 0.3) is 0 Å². The van der Waals surface area contributed by atoms with Gasteiger partial charge in [0.05, 0.1) is 6.26 Å². The third-order valence-corrected chi connectivity index (χ3v) is 1.08. The van der Waals surface area contributed by atoms with Crippen LogP contribution < -0.4 is 4.18 Å². The third-order valence-electron chi connectivity index (χ3n) is 0.623. The predicted molar refractivity (Wildman–Crippen MR) is 31.9 cm³/mol. The molecule has 0 radical (unpaired) electrons. The molecule has 0 saturated heterocycles. The summed E-state index contributed by atoms with van der Waals surface area (Å²) < 4.78 is 25.1. The molecule has 0 fully saturated rings. The zero-order valence-electron chi connectivity index (χ0n) is 5.10. The maximum atomic E-state index is 10.4. The standard InChI is InChI=1S/C3H5N3O3S/c1-10(7,8)9-3-4-2-5-6-3/h2H,1H3,(H,4,5,6). The molecule has 0 aromatic carbocycles. The van der Waals surface area contributed by atoms with Gasteiger partial charge in [-0.3, -0.25) is 0 Å². The molecule has 1 aromatic heterocycles. The first-order chi connectivity index (χ1) is 4.58. The van der Waals surface area contributed by atoms with Crippen LogP contribution in [0.2, 0.25) is 0 Å². The summed E-state index contributed by atoms with van der Waals surface area (Å²) in [6.45, 7) is 0. The lowest BCUT2D eigenvalue weighted by Crippen LogP contribution is -2.06. The normalized spacial score (nSPS) is 11.3. The van der Waals surface area contributed by atoms with Crippen LogP contribution in [0.5, 0.6) is 6.01 Å². The van der Waals surface area contributed by atoms with Crippen molar-refractivity contribution in [3.63, 3.8) is 0 Å². The Hall–Kier alpha value is -1.11. The molecule has 1 N–H and O–H groups in total. The van der Waals surface area contributed by atoms with Gasteiger partial charge in [-0.05, 0) is 0 Å². The number of nitrogens with one attached hydrogen (secondary N) is 1. The second-order valence-corrected chi connectivity index (χ2v) is 3.15. The van der Waals surface area contributed by atoms with E-state index in [-0.39, 0.29) is 6.01 Å². The maximum absolute atomic E-state index is 10.4. The van der Waals surface area contributed by atoms with Crippen molar-refractivity contribution >= 4 is 10.1 Å². The second kappa shape index (κ2) is 2.25. The van der Waals surface area contributed by atoms with Crippen molar-refractivity contribution in [3.8, 4) is 6.01 Å². The minimum absolute atomic E-state index is 0.123. The highest BCUT2D eigenvalue weighted by atomic mass is 32.2. The molecule has 0 saturated carbocycles. The van der Waals surface area contributed by atoms with Crippen LogP contribution in [-0.4, -0.2) is 29.9 Å². The average Bonchev–Trinajstić information content (AvgIpc) is 2.12. The molecular weight excluding hydrogens is 158 g/mol. The van der Waals surface area contributed by atoms with Crippen molar-refractivity contribution in [2.24, 2.45) is 0 Å². The molecule has 7 heteroatoms. The summed E-state index contributed by atoms with van der Waals surface area (Å²) in [6, 6.07) is -0.123. The van der Waals surface area contributed by atoms with Crippen molar-refractivity contribution < 1.29 is 12.6 Å². The van der Waals surface area contributed by atoms with E-state index in [9.17, 15) is 8.42 Å². The molecule has 1 aromatic rings. The summed E-state index contributed by atoms with van der Waals surface area (Å²) in [5.74, 6) is 0. The highest BCUT2D eigenvalue weighted by molar-refractivity contribution is 7.86. The van der Waals surface area contributed by atoms with Gasteiger partial charge in [0.2, 0.25) is 0 Å². The van der Waals surface area contributed by atoms with Gasteiger partial charge in [-0.15, -0.1) is 0 Å². The van der Waals surface area contributed by atoms with Gasteiger partial charge in [-0.1, -0.05) is 0 Å². The molecular formula is C3H5N3O3S. The molecule has 0 atom stereocenters. The number of hydrogen-bond donors (Lipinski definition) is 1. The molecule has 0 aliphatic carbocycles. The van der Waals surface area contributed by atoms with Crippen LogP contribution >= 0.6 is 0 Å². The molecule has 10 heavy (non-hydrogen) atoms. The van der Waals surface area contributed by atoms with Crippen molar-refractivity contribution in [1.29, 1.82) is 0 Å². The van der Waals surface area contributed by atoms with Crippen LogP contribution in [0.4, 0.5) is 0 Å². The van der Waals surface area contributed by atoms with E-state index in [1.54, 1.807) is 0 Å². The number of aromatic nitrogens is 3. The molecule has 0 unspecified atom stereocenters. The van der Waals surface area contributed by atoms with Gasteiger partial charge < -0.3 is 4.18 Å². The average molecular weight is 163 g/mol. The van der Waals surface area contributed by atoms with Crippen molar-refractivity contribution in [2.75, 3.05) is 6.26 Å². The Morgan fingerprint density at radius 1 is 1.70 bits per heavy atom. The fraction of sp³-hybridized carbons (Fsp3) is 0.333. The summed E-state index contributed by atoms with van der Waals surface area (Å²) in [6.07, 6.45) is 2.08. The second-order valence-electron chi connectivity index (χ2n) is 1.58. The Kier molecular flexibility index (Phi) is 1.58. The third kappa shape index (κ3) is 2.02. The van der Waals surface area contributed by atoms with Gasteiger partial charge in [-0.25, -0.2) is 5.10 Å². The van der Waals surface area contributed by atoms with Crippen molar-refractivity contribution in [2.45, 2.75) is 0 Å². The van der Waals surface area contributed by atoms with Crippen LogP contribution in [0.15, 0.2) is 6.33 Å². The largest absolute Gasteiger partial charge is 0.344 e. The van der Waals surface area contributed by atoms with E-state index < -0.39 is 10.1 Å². The zero-order valence-corrected chi connectivity index (χ0v) is 5.92. The topological polar surface area (TPSA) is 84.9 Å². The maximum Gasteiger partial charge on any atom is 0.328 e. The molecule has 0 aliphatic rings. The van der Waals surface area contributed by atoms with Gasteiger partial charge in [0.1, 0.15) is 6.33 Å². The van der Waals surface area contributed by atoms with Gasteiger partial charge in [-0.2, -0.15) is 18.5 Å². The number of nitrogens with zero attached hydrogens (tertiary/aromatic N) is 2. The van der Waals surface area contributed by atoms with Crippen molar-refractivity contribution in [1.82, 2.24) is 15.2 Å². The first-order valence-electron chi connectivity index (χ1n) is 2.33. The lowest BCUT2D eigenvalue weighted by atomic mass is 11.2. The molecule has 0 amide bonds. The number of rotatable bonds is 2. The van der Waals surface area contributed by atoms with Crippen LogP contribution in [0, 0.1) is 0 Å². The van der Waals surface area contributed by atoms with E-state index in [0.717, 1.165) is 12.6 Å². The van der Waals surface area contributed by atoms with Crippen LogP contribution in [0.3, 0.4) is 0 Å². The van der Waals surface area contributed by atoms with E-state index in [0.29, 0.717) is 0 Å². The number of aromatic amines is 1. The summed E-state index contributed by atoms with van der Waals surface area (Å²) in [4.78, 5) is 3.43. The molecule has 0 spiro atoms. The van der Waals surface area contributed by atoms with Gasteiger partial charge in [0.15, 0.2) is 0 Å². The Labute approximate surface area is 57.4 Å². The fourth-order valence-corrected chi connectivity index (χ4v) is 0.745. The van der Waals surface area contributed by atoms with E-state index in [1.807, 2.05) is 0 Å². The summed E-state index contributed by atoms with van der Waals surface area (Å²) >= 11 is 0. The Bertz CT molecular complexity index is 289. The monoisotopic (exact) mass is 163 g/mol. The molecule has 0 aliphatic heterocycles. The zero-order chi connectivity index (χ0) is 7.61. The molecule has 1 heterocycles. The van der Waals surface area contributed by atoms with E-state index in [1.165, 1.54) is 0 Å². The lowest BCUT2D eigenvalue weighted by molar-refractivity contribution is 0.472. The van der Waals surface area contributed by atoms with E-state index in [4.69, 9.17) is 0 Å². The predicted octanol–water partition coefficient (Wildman–Crippen LogP) is -0.857. The summed E-state index contributed by atoms with van der Waals surface area (Å²) in [5, 5.41) is 5.61. The molecule has 6 nitrogen and oxygen atoms in total. The Balaban J connectivity index is 2.75. The Morgan fingerprint density at radius 2 is 2.40 bits per heavy atom. The smallest absolute Gasteiger partial charge is 0.328 e. The lowest BCUT2D eigenvalue weighted by Gasteiger charge is -1.93. The Morgan fingerprint density at radius 3 is 2.80 bits per heavy atom. The first kappa shape index (κ1) is 7.00. The van der Waals surface area contributed by atoms with Crippen molar-refractivity contribution in [3.05, 3.63) is 6.33 Å². The molecule has 56 valence electrons. The minimum Gasteiger partial charge on any atom is -0.344 e. The number of hydrogen-bond acceptors (Lipinski definition) is 5. The minimum atomic E-state index is -3.48. The number of H-pyrrole nitrogens is 1. The summed E-state index contributed by atoms with van der Waals surface area (Å²) in [5.41, 5.74) is 0. The van der Waals surface area contributed by atoms with E-state index >= 15 is 0 Å². The fourth-order valence-electron chi connectivity index (χ4n) is 0.378. The van der Waals surface area contributed by atoms with Crippen LogP contribution in [-0.2, 0) is 10.1 Å². The highest BCUT2D eigenvalue weighted by Crippen LogP contribution is 1.98. The van der Waals surface area contributed by atoms with Gasteiger partial charge in [0, 0.05) is 0 Å². The van der Waals surface area contributed by atoms with E-state index in [2.05, 4.69) is 19.4 Å². The molecule has 0 bridgehead atoms. The highest BCUT2D eigenvalue weighted by Gasteiger charge is 2.04. The van der Waals surface area contributed by atoms with Gasteiger partial charge in [0.25, 0.3) is 0 Å². The summed E-state index contributed by atoms with van der Waals surface area (Å²) in [7, 11) is -3.48. The SMILES string of the molecule is CS(=O)(=O)Oc1ncn[nH]1. The first-order valence-corrected chi connectivity index (χ1v) is 4.14. The quantitative estimate of drug-likeness (QED) is 0.573. The molecule has 1 rings (SSSR count). The van der Waals surface area contributed by atoms with Gasteiger partial charge >= 0.3 is 16.1 Å². The van der Waals surface area contributed by atoms with Crippen LogP contribution in [0.1, 0.15) is 0 Å².